The predicted octanol–water partition coefficient (Wildman–Crippen LogP) is 5.39. The Morgan fingerprint density at radius 3 is 2.40 bits per heavy atom. The van der Waals surface area contributed by atoms with Gasteiger partial charge < -0.3 is 11.1 Å². The van der Waals surface area contributed by atoms with E-state index in [4.69, 9.17) is 28.9 Å². The van der Waals surface area contributed by atoms with Gasteiger partial charge in [-0.2, -0.15) is 5.10 Å². The number of carbonyl (C=O) groups excluding carboxylic acids is 1. The van der Waals surface area contributed by atoms with Crippen LogP contribution in [0.4, 0.5) is 11.4 Å². The first kappa shape index (κ1) is 19.9. The Bertz CT molecular complexity index is 1210. The van der Waals surface area contributed by atoms with E-state index in [0.717, 1.165) is 22.4 Å². The molecule has 8 heteroatoms. The van der Waals surface area contributed by atoms with E-state index >= 15 is 0 Å². The van der Waals surface area contributed by atoms with Gasteiger partial charge >= 0.3 is 0 Å². The minimum atomic E-state index is -0.663. The van der Waals surface area contributed by atoms with E-state index < -0.39 is 5.91 Å². The number of amides is 1. The maximum Gasteiger partial charge on any atom is 0.271 e. The van der Waals surface area contributed by atoms with Crippen molar-refractivity contribution >= 4 is 40.5 Å². The quantitative estimate of drug-likeness (QED) is 0.437. The third-order valence-electron chi connectivity index (χ3n) is 4.61. The zero-order valence-electron chi connectivity index (χ0n) is 15.9. The molecule has 6 nitrogen and oxygen atoms in total. The van der Waals surface area contributed by atoms with Crippen molar-refractivity contribution in [1.29, 1.82) is 0 Å². The van der Waals surface area contributed by atoms with E-state index in [1.807, 2.05) is 43.5 Å². The summed E-state index contributed by atoms with van der Waals surface area (Å²) in [6, 6.07) is 14.9. The minimum absolute atomic E-state index is 0.0834. The Morgan fingerprint density at radius 1 is 1.07 bits per heavy atom. The number of rotatable bonds is 5. The third kappa shape index (κ3) is 3.87. The molecular weight excluding hydrogens is 421 g/mol. The van der Waals surface area contributed by atoms with Crippen LogP contribution in [0.2, 0.25) is 10.0 Å². The molecule has 0 aliphatic carbocycles. The zero-order valence-corrected chi connectivity index (χ0v) is 17.4. The lowest BCUT2D eigenvalue weighted by Gasteiger charge is -2.08. The third-order valence-corrected chi connectivity index (χ3v) is 5.22. The van der Waals surface area contributed by atoms with Gasteiger partial charge in [0.1, 0.15) is 5.69 Å². The number of nitrogens with one attached hydrogen (secondary N) is 1. The zero-order chi connectivity index (χ0) is 21.3. The maximum atomic E-state index is 11.9. The molecule has 0 aliphatic rings. The smallest absolute Gasteiger partial charge is 0.271 e. The summed E-state index contributed by atoms with van der Waals surface area (Å²) in [4.78, 5) is 16.1. The summed E-state index contributed by atoms with van der Waals surface area (Å²) in [5.41, 5.74) is 10.6. The molecule has 4 rings (SSSR count). The van der Waals surface area contributed by atoms with Crippen LogP contribution in [0.5, 0.6) is 0 Å². The standard InChI is InChI=1S/C22H17Cl2N5O/c1-13-11-26-10-9-16(13)14-5-7-15(8-6-14)27-19-12-29(28-20(19)22(25)30)21-17(23)3-2-4-18(21)24/h2-12,27H,1H3,(H2,25,30). The molecule has 0 bridgehead atoms. The summed E-state index contributed by atoms with van der Waals surface area (Å²) in [5.74, 6) is -0.663. The second kappa shape index (κ2) is 8.18. The fraction of sp³-hybridized carbons (Fsp3) is 0.0455. The fourth-order valence-electron chi connectivity index (χ4n) is 3.16. The van der Waals surface area contributed by atoms with Crippen LogP contribution in [0.15, 0.2) is 67.1 Å². The minimum Gasteiger partial charge on any atom is -0.364 e. The molecule has 0 unspecified atom stereocenters. The molecule has 0 saturated heterocycles. The molecule has 30 heavy (non-hydrogen) atoms. The first-order valence-electron chi connectivity index (χ1n) is 9.06. The van der Waals surface area contributed by atoms with Gasteiger partial charge in [-0.05, 0) is 53.9 Å². The summed E-state index contributed by atoms with van der Waals surface area (Å²) in [6.45, 7) is 2.02. The van der Waals surface area contributed by atoms with Gasteiger partial charge in [-0.25, -0.2) is 4.68 Å². The van der Waals surface area contributed by atoms with E-state index in [1.54, 1.807) is 30.6 Å². The van der Waals surface area contributed by atoms with E-state index in [-0.39, 0.29) is 5.69 Å². The number of primary amides is 1. The number of pyridine rings is 1. The average molecular weight is 438 g/mol. The number of aryl methyl sites for hydroxylation is 1. The Morgan fingerprint density at radius 2 is 1.77 bits per heavy atom. The lowest BCUT2D eigenvalue weighted by molar-refractivity contribution is 0.0996. The molecule has 150 valence electrons. The molecule has 2 heterocycles. The number of carbonyl (C=O) groups is 1. The summed E-state index contributed by atoms with van der Waals surface area (Å²) in [7, 11) is 0. The lowest BCUT2D eigenvalue weighted by Crippen LogP contribution is -2.14. The van der Waals surface area contributed by atoms with Gasteiger partial charge in [-0.3, -0.25) is 9.78 Å². The number of aromatic nitrogens is 3. The van der Waals surface area contributed by atoms with Crippen LogP contribution >= 0.6 is 23.2 Å². The number of hydrogen-bond acceptors (Lipinski definition) is 4. The number of anilines is 2. The lowest BCUT2D eigenvalue weighted by atomic mass is 10.0. The van der Waals surface area contributed by atoms with Gasteiger partial charge in [0.15, 0.2) is 5.69 Å². The van der Waals surface area contributed by atoms with Crippen molar-refractivity contribution in [1.82, 2.24) is 14.8 Å². The Balaban J connectivity index is 1.67. The van der Waals surface area contributed by atoms with Crippen molar-refractivity contribution < 1.29 is 4.79 Å². The van der Waals surface area contributed by atoms with Crippen LogP contribution in [0.1, 0.15) is 16.1 Å². The molecule has 0 spiro atoms. The number of benzene rings is 2. The maximum absolute atomic E-state index is 11.9. The molecule has 0 radical (unpaired) electrons. The molecule has 4 aromatic rings. The topological polar surface area (TPSA) is 85.8 Å². The highest BCUT2D eigenvalue weighted by Gasteiger charge is 2.18. The van der Waals surface area contributed by atoms with Crippen molar-refractivity contribution in [2.45, 2.75) is 6.92 Å². The Kier molecular flexibility index (Phi) is 5.44. The SMILES string of the molecule is Cc1cnccc1-c1ccc(Nc2cn(-c3c(Cl)cccc3Cl)nc2C(N)=O)cc1. The predicted molar refractivity (Wildman–Crippen MR) is 120 cm³/mol. The number of nitrogens with zero attached hydrogens (tertiary/aromatic N) is 3. The monoisotopic (exact) mass is 437 g/mol. The normalized spacial score (nSPS) is 10.8. The molecule has 0 fully saturated rings. The van der Waals surface area contributed by atoms with Crippen LogP contribution in [-0.2, 0) is 0 Å². The molecule has 0 saturated carbocycles. The largest absolute Gasteiger partial charge is 0.364 e. The Hall–Kier alpha value is -3.35. The van der Waals surface area contributed by atoms with Gasteiger partial charge in [-0.15, -0.1) is 0 Å². The summed E-state index contributed by atoms with van der Waals surface area (Å²) in [5, 5.41) is 8.29. The van der Waals surface area contributed by atoms with Crippen molar-refractivity contribution in [3.05, 3.63) is 88.4 Å². The molecular formula is C22H17Cl2N5O. The van der Waals surface area contributed by atoms with Crippen molar-refractivity contribution in [3.63, 3.8) is 0 Å². The molecule has 0 aliphatic heterocycles. The first-order valence-corrected chi connectivity index (χ1v) is 9.81. The van der Waals surface area contributed by atoms with Crippen molar-refractivity contribution in [2.75, 3.05) is 5.32 Å². The molecule has 3 N–H and O–H groups in total. The van der Waals surface area contributed by atoms with E-state index in [2.05, 4.69) is 15.4 Å². The van der Waals surface area contributed by atoms with Crippen LogP contribution in [0, 0.1) is 6.92 Å². The van der Waals surface area contributed by atoms with Gasteiger partial charge in [0.05, 0.1) is 21.9 Å². The van der Waals surface area contributed by atoms with E-state index in [0.29, 0.717) is 21.4 Å². The highest BCUT2D eigenvalue weighted by Crippen LogP contribution is 2.31. The number of hydrogen-bond donors (Lipinski definition) is 2. The second-order valence-electron chi connectivity index (χ2n) is 6.66. The summed E-state index contributed by atoms with van der Waals surface area (Å²) >= 11 is 12.5. The van der Waals surface area contributed by atoms with Crippen LogP contribution < -0.4 is 11.1 Å². The highest BCUT2D eigenvalue weighted by atomic mass is 35.5. The van der Waals surface area contributed by atoms with Gasteiger partial charge in [-0.1, -0.05) is 41.4 Å². The van der Waals surface area contributed by atoms with Gasteiger partial charge in [0.2, 0.25) is 0 Å². The van der Waals surface area contributed by atoms with Crippen LogP contribution in [-0.4, -0.2) is 20.7 Å². The number of para-hydroxylation sites is 1. The van der Waals surface area contributed by atoms with Gasteiger partial charge in [0.25, 0.3) is 5.91 Å². The van der Waals surface area contributed by atoms with Crippen molar-refractivity contribution in [3.8, 4) is 16.8 Å². The second-order valence-corrected chi connectivity index (χ2v) is 7.48. The summed E-state index contributed by atoms with van der Waals surface area (Å²) in [6.07, 6.45) is 5.23. The van der Waals surface area contributed by atoms with Crippen LogP contribution in [0.25, 0.3) is 16.8 Å². The summed E-state index contributed by atoms with van der Waals surface area (Å²) < 4.78 is 1.45. The highest BCUT2D eigenvalue weighted by molar-refractivity contribution is 6.37. The molecule has 2 aromatic carbocycles. The average Bonchev–Trinajstić information content (AvgIpc) is 3.12. The molecule has 2 aromatic heterocycles. The first-order chi connectivity index (χ1) is 14.4. The molecule has 0 atom stereocenters. The van der Waals surface area contributed by atoms with Crippen molar-refractivity contribution in [2.24, 2.45) is 5.73 Å². The van der Waals surface area contributed by atoms with Gasteiger partial charge in [0, 0.05) is 18.1 Å². The number of nitrogens with two attached hydrogens (primary N) is 1. The molecule has 1 amide bonds. The van der Waals surface area contributed by atoms with E-state index in [9.17, 15) is 4.79 Å². The fourth-order valence-corrected chi connectivity index (χ4v) is 3.73. The Labute approximate surface area is 183 Å². The van der Waals surface area contributed by atoms with E-state index in [1.165, 1.54) is 4.68 Å². The number of halogens is 2. The van der Waals surface area contributed by atoms with Crippen LogP contribution in [0.3, 0.4) is 0 Å².